The van der Waals surface area contributed by atoms with Crippen molar-refractivity contribution in [1.29, 1.82) is 0 Å². The van der Waals surface area contributed by atoms with Gasteiger partial charge in [-0.25, -0.2) is 4.98 Å². The maximum absolute atomic E-state index is 4.68. The lowest BCUT2D eigenvalue weighted by Crippen LogP contribution is -2.41. The van der Waals surface area contributed by atoms with Crippen LogP contribution in [0.25, 0.3) is 0 Å². The Morgan fingerprint density at radius 3 is 2.77 bits per heavy atom. The highest BCUT2D eigenvalue weighted by molar-refractivity contribution is 7.09. The summed E-state index contributed by atoms with van der Waals surface area (Å²) in [5, 5.41) is 7.01. The first-order valence-corrected chi connectivity index (χ1v) is 9.27. The standard InChI is InChI=1S/C16H27N5S/c1-3-15-19-14(12-22-15)11-21-7-4-13(5-8-21)10-18-16-17-6-9-20(16)2/h12-13H,3-11H2,1-2H3,(H,17,18). The van der Waals surface area contributed by atoms with Crippen LogP contribution in [-0.4, -0.2) is 60.5 Å². The number of rotatable bonds is 5. The molecule has 3 rings (SSSR count). The van der Waals surface area contributed by atoms with Crippen molar-refractivity contribution in [2.75, 3.05) is 39.8 Å². The number of aliphatic imine (C=N–C) groups is 1. The third-order valence-corrected chi connectivity index (χ3v) is 5.64. The van der Waals surface area contributed by atoms with E-state index in [1.165, 1.54) is 36.6 Å². The summed E-state index contributed by atoms with van der Waals surface area (Å²) in [4.78, 5) is 13.9. The van der Waals surface area contributed by atoms with Crippen molar-refractivity contribution < 1.29 is 0 Å². The summed E-state index contributed by atoms with van der Waals surface area (Å²) in [6, 6.07) is 0. The van der Waals surface area contributed by atoms with Crippen LogP contribution in [0.4, 0.5) is 0 Å². The largest absolute Gasteiger partial charge is 0.356 e. The second-order valence-corrected chi connectivity index (χ2v) is 7.26. The predicted octanol–water partition coefficient (Wildman–Crippen LogP) is 1.81. The molecule has 122 valence electrons. The van der Waals surface area contributed by atoms with E-state index in [4.69, 9.17) is 0 Å². The maximum atomic E-state index is 4.68. The van der Waals surface area contributed by atoms with Gasteiger partial charge in [0.15, 0.2) is 5.96 Å². The number of likely N-dealkylation sites (tertiary alicyclic amines) is 1. The van der Waals surface area contributed by atoms with Gasteiger partial charge in [0.05, 0.1) is 17.2 Å². The molecule has 0 unspecified atom stereocenters. The zero-order valence-electron chi connectivity index (χ0n) is 13.7. The van der Waals surface area contributed by atoms with Crippen LogP contribution in [0.3, 0.4) is 0 Å². The van der Waals surface area contributed by atoms with E-state index in [1.54, 1.807) is 11.3 Å². The van der Waals surface area contributed by atoms with Crippen LogP contribution in [0, 0.1) is 5.92 Å². The number of hydrogen-bond donors (Lipinski definition) is 1. The molecule has 0 bridgehead atoms. The summed E-state index contributed by atoms with van der Waals surface area (Å²) in [5.74, 6) is 1.85. The number of piperidine rings is 1. The second kappa shape index (κ2) is 7.42. The van der Waals surface area contributed by atoms with E-state index in [0.717, 1.165) is 44.5 Å². The summed E-state index contributed by atoms with van der Waals surface area (Å²) in [6.07, 6.45) is 3.60. The second-order valence-electron chi connectivity index (χ2n) is 6.31. The molecule has 0 amide bonds. The summed E-state index contributed by atoms with van der Waals surface area (Å²) >= 11 is 1.80. The number of likely N-dealkylation sites (N-methyl/N-ethyl adjacent to an activating group) is 1. The molecular weight excluding hydrogens is 294 g/mol. The van der Waals surface area contributed by atoms with E-state index in [-0.39, 0.29) is 0 Å². The third kappa shape index (κ3) is 3.98. The van der Waals surface area contributed by atoms with Gasteiger partial charge >= 0.3 is 0 Å². The van der Waals surface area contributed by atoms with Gasteiger partial charge in [0, 0.05) is 32.1 Å². The molecule has 0 aromatic carbocycles. The van der Waals surface area contributed by atoms with Crippen molar-refractivity contribution in [3.63, 3.8) is 0 Å². The minimum absolute atomic E-state index is 0.773. The quantitative estimate of drug-likeness (QED) is 0.898. The normalized spacial score (nSPS) is 20.5. The molecule has 1 N–H and O–H groups in total. The van der Waals surface area contributed by atoms with Gasteiger partial charge in [0.2, 0.25) is 0 Å². The third-order valence-electron chi connectivity index (χ3n) is 4.60. The van der Waals surface area contributed by atoms with Gasteiger partial charge in [0.1, 0.15) is 0 Å². The Kier molecular flexibility index (Phi) is 5.31. The van der Waals surface area contributed by atoms with E-state index >= 15 is 0 Å². The number of nitrogens with zero attached hydrogens (tertiary/aromatic N) is 4. The first-order valence-electron chi connectivity index (χ1n) is 8.39. The highest BCUT2D eigenvalue weighted by Crippen LogP contribution is 2.19. The van der Waals surface area contributed by atoms with E-state index in [1.807, 2.05) is 0 Å². The fourth-order valence-corrected chi connectivity index (χ4v) is 3.86. The lowest BCUT2D eigenvalue weighted by Gasteiger charge is -2.32. The van der Waals surface area contributed by atoms with Crippen molar-refractivity contribution >= 4 is 17.3 Å². The molecule has 6 heteroatoms. The average molecular weight is 321 g/mol. The molecule has 3 heterocycles. The van der Waals surface area contributed by atoms with Gasteiger partial charge in [0.25, 0.3) is 0 Å². The van der Waals surface area contributed by atoms with Crippen molar-refractivity contribution in [2.45, 2.75) is 32.7 Å². The van der Waals surface area contributed by atoms with Crippen LogP contribution < -0.4 is 5.32 Å². The first-order chi connectivity index (χ1) is 10.7. The molecule has 1 aromatic heterocycles. The maximum Gasteiger partial charge on any atom is 0.193 e. The molecule has 0 spiro atoms. The van der Waals surface area contributed by atoms with E-state index < -0.39 is 0 Å². The molecule has 0 radical (unpaired) electrons. The van der Waals surface area contributed by atoms with E-state index in [2.05, 4.69) is 44.4 Å². The molecule has 2 aliphatic heterocycles. The Hall–Kier alpha value is -1.14. The van der Waals surface area contributed by atoms with E-state index in [0.29, 0.717) is 0 Å². The number of thiazole rings is 1. The zero-order chi connectivity index (χ0) is 15.4. The first kappa shape index (κ1) is 15.7. The molecule has 5 nitrogen and oxygen atoms in total. The highest BCUT2D eigenvalue weighted by Gasteiger charge is 2.21. The molecule has 1 aromatic rings. The summed E-state index contributed by atoms with van der Waals surface area (Å²) in [7, 11) is 2.11. The Morgan fingerprint density at radius 2 is 2.14 bits per heavy atom. The highest BCUT2D eigenvalue weighted by atomic mass is 32.1. The van der Waals surface area contributed by atoms with E-state index in [9.17, 15) is 0 Å². The van der Waals surface area contributed by atoms with Crippen LogP contribution in [-0.2, 0) is 13.0 Å². The van der Waals surface area contributed by atoms with Gasteiger partial charge in [-0.1, -0.05) is 6.92 Å². The molecule has 1 fully saturated rings. The lowest BCUT2D eigenvalue weighted by atomic mass is 9.97. The van der Waals surface area contributed by atoms with Crippen LogP contribution in [0.1, 0.15) is 30.5 Å². The Labute approximate surface area is 137 Å². The Morgan fingerprint density at radius 1 is 1.32 bits per heavy atom. The number of guanidine groups is 1. The molecule has 1 saturated heterocycles. The zero-order valence-corrected chi connectivity index (χ0v) is 14.5. The number of hydrogen-bond acceptors (Lipinski definition) is 6. The van der Waals surface area contributed by atoms with Gasteiger partial charge in [-0.2, -0.15) is 0 Å². The lowest BCUT2D eigenvalue weighted by molar-refractivity contribution is 0.176. The predicted molar refractivity (Wildman–Crippen MR) is 92.4 cm³/mol. The van der Waals surface area contributed by atoms with Crippen LogP contribution >= 0.6 is 11.3 Å². The molecule has 0 atom stereocenters. The van der Waals surface area contributed by atoms with Gasteiger partial charge in [-0.05, 0) is 38.3 Å². The van der Waals surface area contributed by atoms with Crippen molar-refractivity contribution in [3.05, 3.63) is 16.1 Å². The molecule has 22 heavy (non-hydrogen) atoms. The summed E-state index contributed by atoms with van der Waals surface area (Å²) < 4.78 is 0. The smallest absolute Gasteiger partial charge is 0.193 e. The van der Waals surface area contributed by atoms with Crippen molar-refractivity contribution in [1.82, 2.24) is 20.1 Å². The number of aryl methyl sites for hydroxylation is 1. The van der Waals surface area contributed by atoms with Crippen molar-refractivity contribution in [3.8, 4) is 0 Å². The average Bonchev–Trinajstić information content (AvgIpc) is 3.15. The Bertz CT molecular complexity index is 504. The Balaban J connectivity index is 1.38. The minimum Gasteiger partial charge on any atom is -0.356 e. The van der Waals surface area contributed by atoms with Gasteiger partial charge in [-0.3, -0.25) is 9.89 Å². The fourth-order valence-electron chi connectivity index (χ4n) is 3.12. The van der Waals surface area contributed by atoms with Crippen LogP contribution in [0.5, 0.6) is 0 Å². The fraction of sp³-hybridized carbons (Fsp3) is 0.750. The number of nitrogens with one attached hydrogen (secondary N) is 1. The van der Waals surface area contributed by atoms with Crippen LogP contribution in [0.15, 0.2) is 10.4 Å². The SMILES string of the molecule is CCc1nc(CN2CCC(CNC3=NCCN3C)CC2)cs1. The number of aromatic nitrogens is 1. The molecule has 2 aliphatic rings. The van der Waals surface area contributed by atoms with Crippen LogP contribution in [0.2, 0.25) is 0 Å². The van der Waals surface area contributed by atoms with Gasteiger partial charge in [-0.15, -0.1) is 11.3 Å². The van der Waals surface area contributed by atoms with Gasteiger partial charge < -0.3 is 10.2 Å². The molecule has 0 saturated carbocycles. The minimum atomic E-state index is 0.773. The topological polar surface area (TPSA) is 43.8 Å². The summed E-state index contributed by atoms with van der Waals surface area (Å²) in [5.41, 5.74) is 1.25. The molecule has 0 aliphatic carbocycles. The van der Waals surface area contributed by atoms with Crippen molar-refractivity contribution in [2.24, 2.45) is 10.9 Å². The monoisotopic (exact) mass is 321 g/mol. The molecular formula is C16H27N5S. The summed E-state index contributed by atoms with van der Waals surface area (Å²) in [6.45, 7) is 8.62.